The summed E-state index contributed by atoms with van der Waals surface area (Å²) in [6.45, 7) is 1.99. The van der Waals surface area contributed by atoms with E-state index in [1.165, 1.54) is 5.56 Å². The lowest BCUT2D eigenvalue weighted by Crippen LogP contribution is -2.28. The van der Waals surface area contributed by atoms with Crippen molar-refractivity contribution in [3.05, 3.63) is 86.3 Å². The Hall–Kier alpha value is -1.98. The van der Waals surface area contributed by atoms with Gasteiger partial charge in [-0.15, -0.1) is 11.3 Å². The summed E-state index contributed by atoms with van der Waals surface area (Å²) in [6, 6.07) is 18.2. The van der Waals surface area contributed by atoms with Crippen molar-refractivity contribution in [1.82, 2.24) is 10.3 Å². The van der Waals surface area contributed by atoms with Gasteiger partial charge in [-0.05, 0) is 30.2 Å². The van der Waals surface area contributed by atoms with Crippen LogP contribution in [0.3, 0.4) is 0 Å². The summed E-state index contributed by atoms with van der Waals surface area (Å²) in [5, 5.41) is 6.05. The first-order valence-corrected chi connectivity index (χ1v) is 9.79. The van der Waals surface area contributed by atoms with Gasteiger partial charge in [0, 0.05) is 16.3 Å². The molecule has 1 N–H and O–H groups in total. The molecule has 128 valence electrons. The summed E-state index contributed by atoms with van der Waals surface area (Å²) >= 11 is 5.07. The van der Waals surface area contributed by atoms with Gasteiger partial charge in [-0.2, -0.15) is 0 Å². The second-order valence-electron chi connectivity index (χ2n) is 5.92. The fourth-order valence-corrected chi connectivity index (χ4v) is 3.84. The second kappa shape index (κ2) is 8.41. The van der Waals surface area contributed by atoms with Gasteiger partial charge in [0.25, 0.3) is 0 Å². The molecule has 0 saturated carbocycles. The lowest BCUT2D eigenvalue weighted by Gasteiger charge is -2.14. The molecule has 25 heavy (non-hydrogen) atoms. The highest BCUT2D eigenvalue weighted by Crippen LogP contribution is 2.19. The molecule has 0 spiro atoms. The second-order valence-corrected chi connectivity index (χ2v) is 7.77. The van der Waals surface area contributed by atoms with Crippen LogP contribution in [0.15, 0.2) is 64.5 Å². The van der Waals surface area contributed by atoms with Gasteiger partial charge in [-0.3, -0.25) is 4.79 Å². The largest absolute Gasteiger partial charge is 0.349 e. The van der Waals surface area contributed by atoms with Crippen molar-refractivity contribution < 1.29 is 4.79 Å². The van der Waals surface area contributed by atoms with E-state index in [9.17, 15) is 4.79 Å². The maximum atomic E-state index is 12.3. The molecular weight excluding hydrogens is 396 g/mol. The number of carbonyl (C=O) groups is 1. The number of benzene rings is 2. The van der Waals surface area contributed by atoms with Crippen LogP contribution < -0.4 is 5.32 Å². The van der Waals surface area contributed by atoms with Crippen molar-refractivity contribution in [3.8, 4) is 0 Å². The average Bonchev–Trinajstić information content (AvgIpc) is 3.02. The van der Waals surface area contributed by atoms with Crippen molar-refractivity contribution in [2.24, 2.45) is 0 Å². The van der Waals surface area contributed by atoms with Crippen LogP contribution in [0.1, 0.15) is 34.8 Å². The first kappa shape index (κ1) is 17.8. The van der Waals surface area contributed by atoms with E-state index in [4.69, 9.17) is 0 Å². The third-order valence-electron chi connectivity index (χ3n) is 3.87. The molecule has 0 aliphatic carbocycles. The van der Waals surface area contributed by atoms with Crippen molar-refractivity contribution in [2.75, 3.05) is 0 Å². The van der Waals surface area contributed by atoms with Gasteiger partial charge < -0.3 is 5.32 Å². The molecule has 3 rings (SSSR count). The monoisotopic (exact) mass is 414 g/mol. The lowest BCUT2D eigenvalue weighted by atomic mass is 10.1. The predicted octanol–water partition coefficient (Wildman–Crippen LogP) is 4.92. The fraction of sp³-hybridized carbons (Fsp3) is 0.200. The van der Waals surface area contributed by atoms with E-state index < -0.39 is 0 Å². The summed E-state index contributed by atoms with van der Waals surface area (Å²) in [5.41, 5.74) is 3.14. The molecular formula is C20H19BrN2OS. The Bertz CT molecular complexity index is 848. The summed E-state index contributed by atoms with van der Waals surface area (Å²) in [5.74, 6) is -0.0102. The first-order chi connectivity index (χ1) is 12.1. The minimum atomic E-state index is -0.0348. The smallest absolute Gasteiger partial charge is 0.226 e. The molecule has 1 aromatic heterocycles. The van der Waals surface area contributed by atoms with Crippen LogP contribution >= 0.6 is 27.3 Å². The highest BCUT2D eigenvalue weighted by molar-refractivity contribution is 9.10. The van der Waals surface area contributed by atoms with Crippen molar-refractivity contribution in [2.45, 2.75) is 25.8 Å². The number of carbonyl (C=O) groups excluding carboxylic acids is 1. The molecule has 0 saturated heterocycles. The number of nitrogens with zero attached hydrogens (tertiary/aromatic N) is 1. The summed E-state index contributed by atoms with van der Waals surface area (Å²) in [6.07, 6.45) is 1.12. The molecule has 1 heterocycles. The predicted molar refractivity (Wildman–Crippen MR) is 106 cm³/mol. The van der Waals surface area contributed by atoms with Crippen LogP contribution in [0.5, 0.6) is 0 Å². The maximum Gasteiger partial charge on any atom is 0.226 e. The normalized spacial score (nSPS) is 11.9. The van der Waals surface area contributed by atoms with Crippen molar-refractivity contribution >= 4 is 33.2 Å². The van der Waals surface area contributed by atoms with E-state index in [1.807, 2.05) is 54.8 Å². The molecule has 1 atom stereocenters. The summed E-state index contributed by atoms with van der Waals surface area (Å²) in [4.78, 5) is 16.9. The van der Waals surface area contributed by atoms with Gasteiger partial charge in [0.05, 0.1) is 23.2 Å². The zero-order valence-corrected chi connectivity index (χ0v) is 16.3. The van der Waals surface area contributed by atoms with Crippen molar-refractivity contribution in [3.63, 3.8) is 0 Å². The summed E-state index contributed by atoms with van der Waals surface area (Å²) in [7, 11) is 0. The Balaban J connectivity index is 1.56. The standard InChI is InChI=1S/C20H19BrN2OS/c1-14(16-8-5-9-17(21)11-16)22-19(24)12-18-13-25-20(23-18)10-15-6-3-2-4-7-15/h2-9,11,13-14H,10,12H2,1H3,(H,22,24). The van der Waals surface area contributed by atoms with Gasteiger partial charge in [0.15, 0.2) is 0 Å². The minimum Gasteiger partial charge on any atom is -0.349 e. The fourth-order valence-electron chi connectivity index (χ4n) is 2.60. The number of thiazole rings is 1. The van der Waals surface area contributed by atoms with E-state index in [-0.39, 0.29) is 11.9 Å². The van der Waals surface area contributed by atoms with Gasteiger partial charge in [0.1, 0.15) is 0 Å². The molecule has 0 bridgehead atoms. The highest BCUT2D eigenvalue weighted by Gasteiger charge is 2.12. The SMILES string of the molecule is CC(NC(=O)Cc1csc(Cc2ccccc2)n1)c1cccc(Br)c1. The van der Waals surface area contributed by atoms with Crippen LogP contribution in [0.25, 0.3) is 0 Å². The quantitative estimate of drug-likeness (QED) is 0.621. The van der Waals surface area contributed by atoms with E-state index >= 15 is 0 Å². The molecule has 3 aromatic rings. The van der Waals surface area contributed by atoms with Gasteiger partial charge in [0.2, 0.25) is 5.91 Å². The molecule has 5 heteroatoms. The van der Waals surface area contributed by atoms with E-state index in [0.717, 1.165) is 27.2 Å². The third kappa shape index (κ3) is 5.25. The Morgan fingerprint density at radius 1 is 1.20 bits per heavy atom. The summed E-state index contributed by atoms with van der Waals surface area (Å²) < 4.78 is 1.01. The molecule has 0 aliphatic rings. The zero-order valence-electron chi connectivity index (χ0n) is 13.9. The number of hydrogen-bond donors (Lipinski definition) is 1. The lowest BCUT2D eigenvalue weighted by molar-refractivity contribution is -0.121. The van der Waals surface area contributed by atoms with E-state index in [1.54, 1.807) is 11.3 Å². The third-order valence-corrected chi connectivity index (χ3v) is 5.26. The number of nitrogens with one attached hydrogen (secondary N) is 1. The Morgan fingerprint density at radius 2 is 2.00 bits per heavy atom. The molecule has 1 unspecified atom stereocenters. The minimum absolute atomic E-state index is 0.0102. The van der Waals surface area contributed by atoms with Crippen molar-refractivity contribution in [1.29, 1.82) is 0 Å². The number of amides is 1. The van der Waals surface area contributed by atoms with Crippen LogP contribution in [0.4, 0.5) is 0 Å². The van der Waals surface area contributed by atoms with Gasteiger partial charge in [-0.1, -0.05) is 58.4 Å². The Morgan fingerprint density at radius 3 is 2.76 bits per heavy atom. The van der Waals surface area contributed by atoms with Gasteiger partial charge >= 0.3 is 0 Å². The van der Waals surface area contributed by atoms with Gasteiger partial charge in [-0.25, -0.2) is 4.98 Å². The molecule has 1 amide bonds. The average molecular weight is 415 g/mol. The van der Waals surface area contributed by atoms with Crippen LogP contribution in [0, 0.1) is 0 Å². The number of hydrogen-bond acceptors (Lipinski definition) is 3. The molecule has 0 radical (unpaired) electrons. The van der Waals surface area contributed by atoms with Crippen LogP contribution in [-0.2, 0) is 17.6 Å². The van der Waals surface area contributed by atoms with E-state index in [2.05, 4.69) is 38.4 Å². The molecule has 3 nitrogen and oxygen atoms in total. The topological polar surface area (TPSA) is 42.0 Å². The Kier molecular flexibility index (Phi) is 6.00. The number of rotatable bonds is 6. The first-order valence-electron chi connectivity index (χ1n) is 8.12. The molecule has 0 aliphatic heterocycles. The Labute approximate surface area is 160 Å². The molecule has 2 aromatic carbocycles. The number of halogens is 1. The van der Waals surface area contributed by atoms with Crippen LogP contribution in [-0.4, -0.2) is 10.9 Å². The van der Waals surface area contributed by atoms with E-state index in [0.29, 0.717) is 6.42 Å². The maximum absolute atomic E-state index is 12.3. The molecule has 0 fully saturated rings. The zero-order chi connectivity index (χ0) is 17.6. The van der Waals surface area contributed by atoms with Crippen LogP contribution in [0.2, 0.25) is 0 Å². The highest BCUT2D eigenvalue weighted by atomic mass is 79.9. The number of aromatic nitrogens is 1.